The summed E-state index contributed by atoms with van der Waals surface area (Å²) in [6.07, 6.45) is 6.94. The Morgan fingerprint density at radius 3 is 2.56 bits per heavy atom. The topological polar surface area (TPSA) is 90.0 Å². The Hall–Kier alpha value is -4.07. The molecule has 0 saturated carbocycles. The minimum Gasteiger partial charge on any atom is -0.506 e. The van der Waals surface area contributed by atoms with Crippen molar-refractivity contribution in [2.45, 2.75) is 57.9 Å². The second kappa shape index (κ2) is 11.0. The molecule has 1 aliphatic rings. The standard InChI is InChI=1S/C32H34N6O/c1-32(16-5-7-25-8-6-18-35-31(25)32)38(22-29-36-27-10-4-11-28(39)30(27)37-29)21-24-14-12-23(13-15-24)19-33-20-26-9-2-3-17-34-26/h2-4,6,8-15,17-18,33,39H,5,7,16,19-22H2,1H3,(H,36,37). The molecule has 1 atom stereocenters. The van der Waals surface area contributed by atoms with Crippen molar-refractivity contribution in [3.63, 3.8) is 0 Å². The number of para-hydroxylation sites is 1. The maximum Gasteiger partial charge on any atom is 0.143 e. The Morgan fingerprint density at radius 2 is 1.74 bits per heavy atom. The molecule has 0 saturated heterocycles. The number of phenolic OH excluding ortho intramolecular Hbond substituents is 1. The van der Waals surface area contributed by atoms with Crippen LogP contribution in [0.25, 0.3) is 11.0 Å². The van der Waals surface area contributed by atoms with Crippen LogP contribution in [-0.4, -0.2) is 29.9 Å². The van der Waals surface area contributed by atoms with Crippen LogP contribution in [0.4, 0.5) is 0 Å². The molecule has 2 aromatic carbocycles. The molecule has 6 rings (SSSR count). The van der Waals surface area contributed by atoms with Crippen LogP contribution in [0.1, 0.15) is 53.7 Å². The number of hydrogen-bond donors (Lipinski definition) is 3. The Labute approximate surface area is 229 Å². The summed E-state index contributed by atoms with van der Waals surface area (Å²) in [7, 11) is 0. The first kappa shape index (κ1) is 25.2. The van der Waals surface area contributed by atoms with Crippen molar-refractivity contribution in [1.82, 2.24) is 30.2 Å². The fraction of sp³-hybridized carbons (Fsp3) is 0.281. The fourth-order valence-corrected chi connectivity index (χ4v) is 5.72. The van der Waals surface area contributed by atoms with Gasteiger partial charge in [-0.2, -0.15) is 0 Å². The van der Waals surface area contributed by atoms with Gasteiger partial charge in [0.1, 0.15) is 17.1 Å². The third-order valence-corrected chi connectivity index (χ3v) is 7.85. The van der Waals surface area contributed by atoms with Crippen molar-refractivity contribution in [2.75, 3.05) is 0 Å². The van der Waals surface area contributed by atoms with Gasteiger partial charge in [0.05, 0.1) is 29.0 Å². The van der Waals surface area contributed by atoms with Crippen molar-refractivity contribution in [1.29, 1.82) is 0 Å². The molecule has 0 bridgehead atoms. The van der Waals surface area contributed by atoms with E-state index in [9.17, 15) is 5.11 Å². The first-order chi connectivity index (χ1) is 19.1. The van der Waals surface area contributed by atoms with Gasteiger partial charge in [-0.3, -0.25) is 14.9 Å². The van der Waals surface area contributed by atoms with Crippen molar-refractivity contribution in [3.05, 3.63) is 119 Å². The number of benzene rings is 2. The first-order valence-electron chi connectivity index (χ1n) is 13.6. The number of fused-ring (bicyclic) bond motifs is 2. The molecule has 1 unspecified atom stereocenters. The Kier molecular flexibility index (Phi) is 7.09. The summed E-state index contributed by atoms with van der Waals surface area (Å²) in [6, 6.07) is 24.6. The van der Waals surface area contributed by atoms with Crippen LogP contribution in [0.3, 0.4) is 0 Å². The number of H-pyrrole nitrogens is 1. The molecular formula is C32H34N6O. The quantitative estimate of drug-likeness (QED) is 0.235. The fourth-order valence-electron chi connectivity index (χ4n) is 5.72. The molecule has 1 aliphatic carbocycles. The van der Waals surface area contributed by atoms with Gasteiger partial charge in [-0.25, -0.2) is 4.98 Å². The van der Waals surface area contributed by atoms with Crippen LogP contribution in [0.5, 0.6) is 5.75 Å². The number of phenols is 1. The summed E-state index contributed by atoms with van der Waals surface area (Å²) in [5.41, 5.74) is 7.23. The van der Waals surface area contributed by atoms with E-state index in [0.29, 0.717) is 12.1 Å². The van der Waals surface area contributed by atoms with E-state index in [0.717, 1.165) is 61.6 Å². The van der Waals surface area contributed by atoms with E-state index in [1.807, 2.05) is 48.8 Å². The van der Waals surface area contributed by atoms with Gasteiger partial charge in [0.25, 0.3) is 0 Å². The number of aromatic hydroxyl groups is 1. The van der Waals surface area contributed by atoms with Gasteiger partial charge in [-0.15, -0.1) is 0 Å². The lowest BCUT2D eigenvalue weighted by atomic mass is 9.79. The van der Waals surface area contributed by atoms with Gasteiger partial charge in [0.2, 0.25) is 0 Å². The van der Waals surface area contributed by atoms with Gasteiger partial charge in [0, 0.05) is 32.0 Å². The number of nitrogens with zero attached hydrogens (tertiary/aromatic N) is 4. The van der Waals surface area contributed by atoms with Crippen molar-refractivity contribution >= 4 is 11.0 Å². The lowest BCUT2D eigenvalue weighted by Gasteiger charge is -2.44. The van der Waals surface area contributed by atoms with Gasteiger partial charge in [-0.1, -0.05) is 42.5 Å². The average molecular weight is 519 g/mol. The van der Waals surface area contributed by atoms with Gasteiger partial charge in [0.15, 0.2) is 0 Å². The lowest BCUT2D eigenvalue weighted by molar-refractivity contribution is 0.0602. The summed E-state index contributed by atoms with van der Waals surface area (Å²) in [5.74, 6) is 1.04. The zero-order chi connectivity index (χ0) is 26.7. The van der Waals surface area contributed by atoms with E-state index < -0.39 is 0 Å². The first-order valence-corrected chi connectivity index (χ1v) is 13.6. The van der Waals surface area contributed by atoms with Crippen LogP contribution >= 0.6 is 0 Å². The molecule has 5 aromatic rings. The Balaban J connectivity index is 1.24. The number of rotatable bonds is 9. The second-order valence-electron chi connectivity index (χ2n) is 10.6. The summed E-state index contributed by atoms with van der Waals surface area (Å²) >= 11 is 0. The van der Waals surface area contributed by atoms with Crippen molar-refractivity contribution in [3.8, 4) is 5.75 Å². The summed E-state index contributed by atoms with van der Waals surface area (Å²) in [5, 5.41) is 13.8. The predicted octanol–water partition coefficient (Wildman–Crippen LogP) is 5.60. The average Bonchev–Trinajstić information content (AvgIpc) is 3.39. The summed E-state index contributed by atoms with van der Waals surface area (Å²) < 4.78 is 0. The van der Waals surface area contributed by atoms with E-state index in [-0.39, 0.29) is 11.3 Å². The number of nitrogens with one attached hydrogen (secondary N) is 2. The van der Waals surface area contributed by atoms with E-state index in [4.69, 9.17) is 9.97 Å². The highest BCUT2D eigenvalue weighted by molar-refractivity contribution is 5.81. The van der Waals surface area contributed by atoms with E-state index in [2.05, 4.69) is 57.4 Å². The molecule has 0 radical (unpaired) electrons. The number of aromatic nitrogens is 4. The summed E-state index contributed by atoms with van der Waals surface area (Å²) in [6.45, 7) is 5.23. The highest BCUT2D eigenvalue weighted by Crippen LogP contribution is 2.40. The molecule has 3 N–H and O–H groups in total. The number of aromatic amines is 1. The highest BCUT2D eigenvalue weighted by Gasteiger charge is 2.39. The van der Waals surface area contributed by atoms with Gasteiger partial charge < -0.3 is 15.4 Å². The molecule has 7 nitrogen and oxygen atoms in total. The molecule has 3 heterocycles. The smallest absolute Gasteiger partial charge is 0.143 e. The lowest BCUT2D eigenvalue weighted by Crippen LogP contribution is -2.46. The second-order valence-corrected chi connectivity index (χ2v) is 10.6. The van der Waals surface area contributed by atoms with E-state index >= 15 is 0 Å². The molecule has 7 heteroatoms. The van der Waals surface area contributed by atoms with Crippen LogP contribution in [0.2, 0.25) is 0 Å². The number of imidazole rings is 1. The van der Waals surface area contributed by atoms with Crippen LogP contribution in [0.15, 0.2) is 85.2 Å². The minimum atomic E-state index is -0.237. The van der Waals surface area contributed by atoms with E-state index in [1.54, 1.807) is 6.07 Å². The zero-order valence-corrected chi connectivity index (χ0v) is 22.3. The van der Waals surface area contributed by atoms with Crippen LogP contribution < -0.4 is 5.32 Å². The largest absolute Gasteiger partial charge is 0.506 e. The van der Waals surface area contributed by atoms with Gasteiger partial charge >= 0.3 is 0 Å². The summed E-state index contributed by atoms with van der Waals surface area (Å²) in [4.78, 5) is 19.9. The molecule has 3 aromatic heterocycles. The van der Waals surface area contributed by atoms with Crippen LogP contribution in [0, 0.1) is 0 Å². The molecule has 198 valence electrons. The minimum absolute atomic E-state index is 0.199. The molecular weight excluding hydrogens is 484 g/mol. The molecule has 0 aliphatic heterocycles. The zero-order valence-electron chi connectivity index (χ0n) is 22.3. The maximum atomic E-state index is 10.3. The van der Waals surface area contributed by atoms with E-state index in [1.165, 1.54) is 16.7 Å². The number of hydrogen-bond acceptors (Lipinski definition) is 6. The number of aryl methyl sites for hydroxylation is 1. The molecule has 0 fully saturated rings. The Bertz CT molecular complexity index is 1550. The monoisotopic (exact) mass is 518 g/mol. The third kappa shape index (κ3) is 5.41. The normalized spacial score (nSPS) is 17.0. The maximum absolute atomic E-state index is 10.3. The SMILES string of the molecule is CC1(N(Cc2ccc(CNCc3ccccn3)cc2)Cc2nc3c(O)cccc3[nH]2)CCCc2cccnc21. The molecule has 39 heavy (non-hydrogen) atoms. The highest BCUT2D eigenvalue weighted by atomic mass is 16.3. The number of pyridine rings is 2. The predicted molar refractivity (Wildman–Crippen MR) is 153 cm³/mol. The molecule has 0 amide bonds. The van der Waals surface area contributed by atoms with Gasteiger partial charge in [-0.05, 0) is 73.2 Å². The van der Waals surface area contributed by atoms with Crippen molar-refractivity contribution in [2.24, 2.45) is 0 Å². The third-order valence-electron chi connectivity index (χ3n) is 7.85. The molecule has 0 spiro atoms. The Morgan fingerprint density at radius 1 is 0.897 bits per heavy atom. The van der Waals surface area contributed by atoms with Crippen LogP contribution in [-0.2, 0) is 38.1 Å². The van der Waals surface area contributed by atoms with Crippen molar-refractivity contribution < 1.29 is 5.11 Å².